The molecule has 2 heterocycles. The van der Waals surface area contributed by atoms with Crippen molar-refractivity contribution in [2.45, 2.75) is 19.8 Å². The molecule has 0 bridgehead atoms. The molecule has 1 aromatic rings. The van der Waals surface area contributed by atoms with Gasteiger partial charge in [0, 0.05) is 6.42 Å². The smallest absolute Gasteiger partial charge is 0.347 e. The Kier molecular flexibility index (Phi) is 3.02. The second-order valence-corrected chi connectivity index (χ2v) is 4.97. The molecule has 0 aliphatic carbocycles. The van der Waals surface area contributed by atoms with Crippen LogP contribution < -0.4 is 5.32 Å². The molecular weight excluding hydrogens is 212 g/mol. The van der Waals surface area contributed by atoms with E-state index in [9.17, 15) is 4.79 Å². The number of carboxylic acids is 1. The van der Waals surface area contributed by atoms with Crippen molar-refractivity contribution in [1.29, 1.82) is 0 Å². The summed E-state index contributed by atoms with van der Waals surface area (Å²) >= 11 is 1.32. The van der Waals surface area contributed by atoms with Crippen LogP contribution >= 0.6 is 11.3 Å². The lowest BCUT2D eigenvalue weighted by molar-refractivity contribution is 0.0701. The van der Waals surface area contributed by atoms with Gasteiger partial charge in [0.25, 0.3) is 0 Å². The lowest BCUT2D eigenvalue weighted by atomic mass is 10.1. The Labute approximate surface area is 92.3 Å². The van der Waals surface area contributed by atoms with Crippen LogP contribution in [0.3, 0.4) is 0 Å². The molecule has 0 radical (unpaired) electrons. The second-order valence-electron chi connectivity index (χ2n) is 3.89. The fraction of sp³-hybridized carbons (Fsp3) is 0.600. The number of aromatic carboxylic acids is 1. The first kappa shape index (κ1) is 10.6. The van der Waals surface area contributed by atoms with Crippen LogP contribution in [0.4, 0.5) is 0 Å². The van der Waals surface area contributed by atoms with Crippen LogP contribution in [0, 0.1) is 12.8 Å². The van der Waals surface area contributed by atoms with Crippen LogP contribution in [-0.2, 0) is 6.42 Å². The van der Waals surface area contributed by atoms with Crippen molar-refractivity contribution in [3.63, 3.8) is 0 Å². The number of aromatic nitrogens is 1. The molecule has 0 spiro atoms. The Hall–Kier alpha value is -0.940. The Morgan fingerprint density at radius 1 is 1.73 bits per heavy atom. The molecule has 2 rings (SSSR count). The lowest BCUT2D eigenvalue weighted by Gasteiger charge is -2.03. The molecule has 0 aromatic carbocycles. The highest BCUT2D eigenvalue weighted by atomic mass is 32.1. The van der Waals surface area contributed by atoms with E-state index in [4.69, 9.17) is 5.11 Å². The standard InChI is InChI=1S/C10H14N2O2S/c1-6-9(10(13)14)15-8(12-6)4-7-2-3-11-5-7/h7,11H,2-5H2,1H3,(H,13,14). The van der Waals surface area contributed by atoms with Crippen LogP contribution in [0.2, 0.25) is 0 Å². The van der Waals surface area contributed by atoms with Crippen molar-refractivity contribution < 1.29 is 9.90 Å². The van der Waals surface area contributed by atoms with E-state index in [1.165, 1.54) is 17.8 Å². The summed E-state index contributed by atoms with van der Waals surface area (Å²) < 4.78 is 0. The molecule has 0 amide bonds. The third-order valence-corrected chi connectivity index (χ3v) is 3.83. The maximum atomic E-state index is 10.8. The van der Waals surface area contributed by atoms with Crippen molar-refractivity contribution >= 4 is 17.3 Å². The molecular formula is C10H14N2O2S. The molecule has 1 aliphatic heterocycles. The van der Waals surface area contributed by atoms with E-state index in [-0.39, 0.29) is 0 Å². The summed E-state index contributed by atoms with van der Waals surface area (Å²) in [7, 11) is 0. The third kappa shape index (κ3) is 2.35. The summed E-state index contributed by atoms with van der Waals surface area (Å²) in [6, 6.07) is 0. The highest BCUT2D eigenvalue weighted by Gasteiger charge is 2.19. The average molecular weight is 226 g/mol. The van der Waals surface area contributed by atoms with Crippen molar-refractivity contribution in [3.05, 3.63) is 15.6 Å². The number of nitrogens with one attached hydrogen (secondary N) is 1. The normalized spacial score (nSPS) is 20.7. The Balaban J connectivity index is 2.08. The van der Waals surface area contributed by atoms with Gasteiger partial charge in [0.1, 0.15) is 4.88 Å². The lowest BCUT2D eigenvalue weighted by Crippen LogP contribution is -2.10. The number of thiazole rings is 1. The molecule has 0 saturated carbocycles. The number of aryl methyl sites for hydroxylation is 1. The van der Waals surface area contributed by atoms with Gasteiger partial charge in [0.2, 0.25) is 0 Å². The minimum absolute atomic E-state index is 0.385. The third-order valence-electron chi connectivity index (χ3n) is 2.66. The Bertz CT molecular complexity index is 369. The fourth-order valence-electron chi connectivity index (χ4n) is 1.87. The van der Waals surface area contributed by atoms with Crippen molar-refractivity contribution in [2.75, 3.05) is 13.1 Å². The van der Waals surface area contributed by atoms with Gasteiger partial charge in [-0.25, -0.2) is 9.78 Å². The van der Waals surface area contributed by atoms with Crippen LogP contribution in [0.5, 0.6) is 0 Å². The highest BCUT2D eigenvalue weighted by Crippen LogP contribution is 2.22. The van der Waals surface area contributed by atoms with Crippen molar-refractivity contribution in [2.24, 2.45) is 5.92 Å². The zero-order valence-electron chi connectivity index (χ0n) is 8.62. The quantitative estimate of drug-likeness (QED) is 0.815. The van der Waals surface area contributed by atoms with Crippen molar-refractivity contribution in [3.8, 4) is 0 Å². The first-order valence-electron chi connectivity index (χ1n) is 5.07. The maximum absolute atomic E-state index is 10.8. The zero-order chi connectivity index (χ0) is 10.8. The van der Waals surface area contributed by atoms with Gasteiger partial charge in [-0.2, -0.15) is 0 Å². The van der Waals surface area contributed by atoms with Gasteiger partial charge >= 0.3 is 5.97 Å². The molecule has 1 aliphatic rings. The minimum atomic E-state index is -0.860. The Morgan fingerprint density at radius 2 is 2.53 bits per heavy atom. The first-order valence-corrected chi connectivity index (χ1v) is 5.89. The molecule has 2 N–H and O–H groups in total. The zero-order valence-corrected chi connectivity index (χ0v) is 9.43. The van der Waals surface area contributed by atoms with E-state index in [0.29, 0.717) is 16.5 Å². The molecule has 1 atom stereocenters. The molecule has 4 nitrogen and oxygen atoms in total. The van der Waals surface area contributed by atoms with Crippen LogP contribution in [-0.4, -0.2) is 29.1 Å². The van der Waals surface area contributed by atoms with Crippen molar-refractivity contribution in [1.82, 2.24) is 10.3 Å². The predicted molar refractivity (Wildman–Crippen MR) is 58.5 cm³/mol. The number of carbonyl (C=O) groups is 1. The largest absolute Gasteiger partial charge is 0.477 e. The fourth-order valence-corrected chi connectivity index (χ4v) is 2.89. The van der Waals surface area contributed by atoms with Gasteiger partial charge in [-0.15, -0.1) is 11.3 Å². The minimum Gasteiger partial charge on any atom is -0.477 e. The second kappa shape index (κ2) is 4.28. The molecule has 82 valence electrons. The van der Waals surface area contributed by atoms with E-state index >= 15 is 0 Å². The monoisotopic (exact) mass is 226 g/mol. The first-order chi connectivity index (χ1) is 7.16. The molecule has 1 unspecified atom stereocenters. The van der Waals surface area contributed by atoms with E-state index in [1.54, 1.807) is 6.92 Å². The van der Waals surface area contributed by atoms with Gasteiger partial charge in [-0.3, -0.25) is 0 Å². The van der Waals surface area contributed by atoms with Gasteiger partial charge in [0.05, 0.1) is 10.7 Å². The van der Waals surface area contributed by atoms with Crippen LogP contribution in [0.25, 0.3) is 0 Å². The number of nitrogens with zero attached hydrogens (tertiary/aromatic N) is 1. The van der Waals surface area contributed by atoms with Gasteiger partial charge in [-0.05, 0) is 32.4 Å². The van der Waals surface area contributed by atoms with Gasteiger partial charge in [0.15, 0.2) is 0 Å². The van der Waals surface area contributed by atoms with Crippen LogP contribution in [0.15, 0.2) is 0 Å². The number of rotatable bonds is 3. The van der Waals surface area contributed by atoms with Gasteiger partial charge in [-0.1, -0.05) is 0 Å². The number of hydrogen-bond acceptors (Lipinski definition) is 4. The molecule has 5 heteroatoms. The van der Waals surface area contributed by atoms with E-state index in [1.807, 2.05) is 0 Å². The van der Waals surface area contributed by atoms with E-state index in [0.717, 1.165) is 24.5 Å². The summed E-state index contributed by atoms with van der Waals surface area (Å²) in [5, 5.41) is 13.2. The summed E-state index contributed by atoms with van der Waals surface area (Å²) in [5.74, 6) is -0.238. The number of hydrogen-bond donors (Lipinski definition) is 2. The number of carboxylic acid groups (broad SMARTS) is 1. The molecule has 1 fully saturated rings. The van der Waals surface area contributed by atoms with Gasteiger partial charge < -0.3 is 10.4 Å². The summed E-state index contributed by atoms with van der Waals surface area (Å²) in [5.41, 5.74) is 0.647. The van der Waals surface area contributed by atoms with Crippen LogP contribution in [0.1, 0.15) is 26.8 Å². The maximum Gasteiger partial charge on any atom is 0.347 e. The predicted octanol–water partition coefficient (Wildman–Crippen LogP) is 1.30. The topological polar surface area (TPSA) is 62.2 Å². The summed E-state index contributed by atoms with van der Waals surface area (Å²) in [6.45, 7) is 3.86. The summed E-state index contributed by atoms with van der Waals surface area (Å²) in [6.07, 6.45) is 2.08. The average Bonchev–Trinajstić information content (AvgIpc) is 2.75. The molecule has 1 saturated heterocycles. The van der Waals surface area contributed by atoms with E-state index in [2.05, 4.69) is 10.3 Å². The van der Waals surface area contributed by atoms with E-state index < -0.39 is 5.97 Å². The SMILES string of the molecule is Cc1nc(CC2CCNC2)sc1C(=O)O. The summed E-state index contributed by atoms with van der Waals surface area (Å²) in [4.78, 5) is 15.5. The Morgan fingerprint density at radius 3 is 3.07 bits per heavy atom. The molecule has 1 aromatic heterocycles. The highest BCUT2D eigenvalue weighted by molar-refractivity contribution is 7.13. The molecule has 15 heavy (non-hydrogen) atoms.